The van der Waals surface area contributed by atoms with E-state index in [1.54, 1.807) is 6.33 Å². The van der Waals surface area contributed by atoms with Crippen LogP contribution in [0.4, 0.5) is 0 Å². The fourth-order valence-electron chi connectivity index (χ4n) is 4.60. The molecule has 5 heteroatoms. The van der Waals surface area contributed by atoms with E-state index >= 15 is 0 Å². The van der Waals surface area contributed by atoms with Crippen LogP contribution in [-0.2, 0) is 0 Å². The maximum atomic E-state index is 12.8. The molecule has 0 spiro atoms. The number of piperidine rings is 1. The third-order valence-electron chi connectivity index (χ3n) is 6.36. The Morgan fingerprint density at radius 1 is 1.07 bits per heavy atom. The number of nitrogens with one attached hydrogen (secondary N) is 1. The van der Waals surface area contributed by atoms with Gasteiger partial charge in [0.1, 0.15) is 0 Å². The lowest BCUT2D eigenvalue weighted by Crippen LogP contribution is -2.63. The van der Waals surface area contributed by atoms with E-state index in [0.29, 0.717) is 12.1 Å². The number of amides is 1. The molecule has 0 radical (unpaired) electrons. The van der Waals surface area contributed by atoms with Crippen LogP contribution in [0.3, 0.4) is 0 Å². The van der Waals surface area contributed by atoms with Crippen molar-refractivity contribution in [2.45, 2.75) is 38.3 Å². The first-order chi connectivity index (χ1) is 13.7. The summed E-state index contributed by atoms with van der Waals surface area (Å²) in [7, 11) is 0. The SMILES string of the molecule is C[C@@H]1CCCCN1C1CN(C(=O)c2ccc(-c3ccc4nc[nH]c4c3)cc2)C1. The molecule has 0 saturated carbocycles. The number of aromatic amines is 1. The number of aromatic nitrogens is 2. The normalized spacial score (nSPS) is 21.0. The van der Waals surface area contributed by atoms with Crippen LogP contribution in [0.25, 0.3) is 22.2 Å². The molecule has 3 heterocycles. The van der Waals surface area contributed by atoms with Crippen molar-refractivity contribution in [1.29, 1.82) is 0 Å². The number of nitrogens with zero attached hydrogens (tertiary/aromatic N) is 3. The summed E-state index contributed by atoms with van der Waals surface area (Å²) >= 11 is 0. The predicted molar refractivity (Wildman–Crippen MR) is 111 cm³/mol. The lowest BCUT2D eigenvalue weighted by molar-refractivity contribution is 0.00213. The van der Waals surface area contributed by atoms with E-state index in [1.165, 1.54) is 25.8 Å². The summed E-state index contributed by atoms with van der Waals surface area (Å²) in [5.74, 6) is 0.150. The van der Waals surface area contributed by atoms with E-state index in [1.807, 2.05) is 35.2 Å². The number of hydrogen-bond acceptors (Lipinski definition) is 3. The van der Waals surface area contributed by atoms with E-state index in [2.05, 4.69) is 33.9 Å². The summed E-state index contributed by atoms with van der Waals surface area (Å²) < 4.78 is 0. The van der Waals surface area contributed by atoms with Crippen LogP contribution in [0, 0.1) is 0 Å². The third kappa shape index (κ3) is 3.10. The molecule has 0 bridgehead atoms. The van der Waals surface area contributed by atoms with Gasteiger partial charge in [-0.15, -0.1) is 0 Å². The van der Waals surface area contributed by atoms with Crippen molar-refractivity contribution in [1.82, 2.24) is 19.8 Å². The van der Waals surface area contributed by atoms with Gasteiger partial charge in [-0.1, -0.05) is 24.6 Å². The molecule has 0 unspecified atom stereocenters. The standard InChI is InChI=1S/C23H26N4O/c1-16-4-2-3-11-27(16)20-13-26(14-20)23(28)18-7-5-17(6-8-18)19-9-10-21-22(12-19)25-15-24-21/h5-10,12,15-16,20H,2-4,11,13-14H2,1H3,(H,24,25)/t16-/m1/s1. The summed E-state index contributed by atoms with van der Waals surface area (Å²) in [6.45, 7) is 5.23. The van der Waals surface area contributed by atoms with Crippen molar-refractivity contribution in [3.63, 3.8) is 0 Å². The molecule has 2 saturated heterocycles. The Balaban J connectivity index is 1.25. The van der Waals surface area contributed by atoms with Gasteiger partial charge in [0.2, 0.25) is 0 Å². The smallest absolute Gasteiger partial charge is 0.253 e. The highest BCUT2D eigenvalue weighted by Crippen LogP contribution is 2.27. The van der Waals surface area contributed by atoms with Gasteiger partial charge in [-0.05, 0) is 61.7 Å². The van der Waals surface area contributed by atoms with Crippen molar-refractivity contribution >= 4 is 16.9 Å². The Morgan fingerprint density at radius 2 is 1.86 bits per heavy atom. The first-order valence-electron chi connectivity index (χ1n) is 10.3. The van der Waals surface area contributed by atoms with Gasteiger partial charge >= 0.3 is 0 Å². The highest BCUT2D eigenvalue weighted by Gasteiger charge is 2.37. The van der Waals surface area contributed by atoms with Gasteiger partial charge in [0.15, 0.2) is 0 Å². The van der Waals surface area contributed by atoms with E-state index < -0.39 is 0 Å². The average molecular weight is 374 g/mol. The first-order valence-corrected chi connectivity index (χ1v) is 10.3. The van der Waals surface area contributed by atoms with Gasteiger partial charge in [-0.2, -0.15) is 0 Å². The molecule has 3 aromatic rings. The number of rotatable bonds is 3. The second kappa shape index (κ2) is 7.06. The second-order valence-electron chi connectivity index (χ2n) is 8.16. The summed E-state index contributed by atoms with van der Waals surface area (Å²) in [4.78, 5) is 24.8. The molecule has 144 valence electrons. The van der Waals surface area contributed by atoms with Crippen molar-refractivity contribution in [2.24, 2.45) is 0 Å². The van der Waals surface area contributed by atoms with Crippen LogP contribution >= 0.6 is 0 Å². The lowest BCUT2D eigenvalue weighted by atomic mass is 9.96. The van der Waals surface area contributed by atoms with Crippen molar-refractivity contribution in [2.75, 3.05) is 19.6 Å². The molecule has 1 aromatic heterocycles. The van der Waals surface area contributed by atoms with Gasteiger partial charge in [-0.25, -0.2) is 4.98 Å². The number of H-pyrrole nitrogens is 1. The zero-order valence-corrected chi connectivity index (χ0v) is 16.3. The minimum absolute atomic E-state index is 0.150. The topological polar surface area (TPSA) is 52.2 Å². The summed E-state index contributed by atoms with van der Waals surface area (Å²) in [5, 5.41) is 0. The predicted octanol–water partition coefficient (Wildman–Crippen LogP) is 3.93. The van der Waals surface area contributed by atoms with Crippen LogP contribution in [0.15, 0.2) is 48.8 Å². The van der Waals surface area contributed by atoms with Gasteiger partial charge in [0, 0.05) is 30.7 Å². The van der Waals surface area contributed by atoms with Gasteiger partial charge in [0.25, 0.3) is 5.91 Å². The Labute approximate surface area is 165 Å². The van der Waals surface area contributed by atoms with E-state index in [4.69, 9.17) is 0 Å². The number of hydrogen-bond donors (Lipinski definition) is 1. The highest BCUT2D eigenvalue weighted by atomic mass is 16.2. The molecule has 2 aliphatic heterocycles. The van der Waals surface area contributed by atoms with Gasteiger partial charge in [-0.3, -0.25) is 9.69 Å². The van der Waals surface area contributed by atoms with Gasteiger partial charge in [0.05, 0.1) is 17.4 Å². The number of imidazole rings is 1. The average Bonchev–Trinajstić information content (AvgIpc) is 3.16. The molecule has 5 nitrogen and oxygen atoms in total. The maximum Gasteiger partial charge on any atom is 0.253 e. The number of carbonyl (C=O) groups is 1. The Hall–Kier alpha value is -2.66. The number of likely N-dealkylation sites (tertiary alicyclic amines) is 2. The van der Waals surface area contributed by atoms with Crippen molar-refractivity contribution < 1.29 is 4.79 Å². The summed E-state index contributed by atoms with van der Waals surface area (Å²) in [6, 6.07) is 15.4. The molecular weight excluding hydrogens is 348 g/mol. The summed E-state index contributed by atoms with van der Waals surface area (Å²) in [6.07, 6.45) is 5.63. The molecular formula is C23H26N4O. The maximum absolute atomic E-state index is 12.8. The lowest BCUT2D eigenvalue weighted by Gasteiger charge is -2.49. The molecule has 2 aliphatic rings. The monoisotopic (exact) mass is 374 g/mol. The fraction of sp³-hybridized carbons (Fsp3) is 0.391. The van der Waals surface area contributed by atoms with Crippen LogP contribution in [0.2, 0.25) is 0 Å². The van der Waals surface area contributed by atoms with E-state index in [0.717, 1.165) is 40.8 Å². The molecule has 1 amide bonds. The van der Waals surface area contributed by atoms with Crippen LogP contribution in [0.1, 0.15) is 36.5 Å². The molecule has 2 fully saturated rings. The van der Waals surface area contributed by atoms with Crippen LogP contribution < -0.4 is 0 Å². The zero-order chi connectivity index (χ0) is 19.1. The number of benzene rings is 2. The largest absolute Gasteiger partial charge is 0.345 e. The quantitative estimate of drug-likeness (QED) is 0.756. The molecule has 5 rings (SSSR count). The molecule has 1 N–H and O–H groups in total. The highest BCUT2D eigenvalue weighted by molar-refractivity contribution is 5.95. The molecule has 0 aliphatic carbocycles. The van der Waals surface area contributed by atoms with E-state index in [9.17, 15) is 4.79 Å². The Kier molecular flexibility index (Phi) is 4.40. The second-order valence-corrected chi connectivity index (χ2v) is 8.16. The zero-order valence-electron chi connectivity index (χ0n) is 16.3. The molecule has 28 heavy (non-hydrogen) atoms. The van der Waals surface area contributed by atoms with Crippen LogP contribution in [-0.4, -0.2) is 57.4 Å². The van der Waals surface area contributed by atoms with E-state index in [-0.39, 0.29) is 5.91 Å². The Bertz CT molecular complexity index is 987. The fourth-order valence-corrected chi connectivity index (χ4v) is 4.60. The molecule has 1 atom stereocenters. The molecule has 2 aromatic carbocycles. The van der Waals surface area contributed by atoms with Gasteiger partial charge < -0.3 is 9.88 Å². The number of fused-ring (bicyclic) bond motifs is 1. The Morgan fingerprint density at radius 3 is 2.64 bits per heavy atom. The first kappa shape index (κ1) is 17.4. The summed E-state index contributed by atoms with van der Waals surface area (Å²) in [5.41, 5.74) is 4.99. The number of carbonyl (C=O) groups excluding carboxylic acids is 1. The van der Waals surface area contributed by atoms with Crippen molar-refractivity contribution in [3.8, 4) is 11.1 Å². The van der Waals surface area contributed by atoms with Crippen LogP contribution in [0.5, 0.6) is 0 Å². The minimum Gasteiger partial charge on any atom is -0.345 e. The third-order valence-corrected chi connectivity index (χ3v) is 6.36. The van der Waals surface area contributed by atoms with Crippen molar-refractivity contribution in [3.05, 3.63) is 54.4 Å². The minimum atomic E-state index is 0.150.